The van der Waals surface area contributed by atoms with Crippen molar-refractivity contribution in [3.8, 4) is 0 Å². The highest BCUT2D eigenvalue weighted by Crippen LogP contribution is 2.29. The molecule has 1 atom stereocenters. The highest BCUT2D eigenvalue weighted by molar-refractivity contribution is 7.15. The first-order valence-electron chi connectivity index (χ1n) is 9.88. The Morgan fingerprint density at radius 3 is 2.88 bits per heavy atom. The minimum atomic E-state index is -0.841. The van der Waals surface area contributed by atoms with Crippen LogP contribution in [0, 0.1) is 6.92 Å². The molecule has 4 aromatic heterocycles. The second kappa shape index (κ2) is 8.90. The van der Waals surface area contributed by atoms with Gasteiger partial charge in [0, 0.05) is 17.2 Å². The van der Waals surface area contributed by atoms with E-state index in [0.29, 0.717) is 39.4 Å². The number of nitrogens with one attached hydrogen (secondary N) is 2. The van der Waals surface area contributed by atoms with Gasteiger partial charge in [-0.15, -0.1) is 11.3 Å². The van der Waals surface area contributed by atoms with Crippen LogP contribution in [0.25, 0.3) is 21.7 Å². The lowest BCUT2D eigenvalue weighted by atomic mass is 10.0. The fourth-order valence-electron chi connectivity index (χ4n) is 3.47. The van der Waals surface area contributed by atoms with Crippen LogP contribution in [0.2, 0.25) is 0 Å². The number of thiazole rings is 1. The van der Waals surface area contributed by atoms with E-state index in [9.17, 15) is 13.6 Å². The van der Waals surface area contributed by atoms with Gasteiger partial charge in [0.2, 0.25) is 5.95 Å². The standard InChI is InChI=1S/C21H20F2N8OS/c1-4-12(7-13(23)5-6-22)14-15(28-21-31(19(14)32)10(2)8-33-21)11(3)27-18-16-17(26-9-25-16)29-20(24)30-18/h4-9,11H,1-3H3,(H4,24,25,26,27,29,30)/b6-5+,12-4+,13-7+. The zero-order valence-corrected chi connectivity index (χ0v) is 18.7. The van der Waals surface area contributed by atoms with E-state index in [2.05, 4.69) is 25.3 Å². The fraction of sp³-hybridized carbons (Fsp3) is 0.190. The van der Waals surface area contributed by atoms with Crippen LogP contribution in [-0.2, 0) is 0 Å². The predicted octanol–water partition coefficient (Wildman–Crippen LogP) is 4.23. The molecule has 0 aromatic carbocycles. The third-order valence-corrected chi connectivity index (χ3v) is 5.89. The Bertz CT molecular complexity index is 1500. The molecule has 0 saturated carbocycles. The molecule has 0 amide bonds. The normalized spacial score (nSPS) is 14.0. The second-order valence-electron chi connectivity index (χ2n) is 7.14. The summed E-state index contributed by atoms with van der Waals surface area (Å²) in [4.78, 5) is 34.0. The minimum Gasteiger partial charge on any atom is -0.368 e. The molecule has 170 valence electrons. The molecule has 4 N–H and O–H groups in total. The number of imidazole rings is 1. The van der Waals surface area contributed by atoms with Gasteiger partial charge in [0.25, 0.3) is 5.56 Å². The number of H-pyrrole nitrogens is 1. The molecule has 4 rings (SSSR count). The lowest BCUT2D eigenvalue weighted by Crippen LogP contribution is -2.25. The zero-order chi connectivity index (χ0) is 23.7. The van der Waals surface area contributed by atoms with Crippen LogP contribution in [0.5, 0.6) is 0 Å². The van der Waals surface area contributed by atoms with E-state index in [4.69, 9.17) is 10.7 Å². The van der Waals surface area contributed by atoms with Gasteiger partial charge in [-0.2, -0.15) is 9.97 Å². The van der Waals surface area contributed by atoms with Gasteiger partial charge in [0.1, 0.15) is 11.3 Å². The summed E-state index contributed by atoms with van der Waals surface area (Å²) in [5.41, 5.74) is 7.87. The molecule has 1 unspecified atom stereocenters. The van der Waals surface area contributed by atoms with Crippen molar-refractivity contribution >= 4 is 44.8 Å². The number of allylic oxidation sites excluding steroid dienone is 5. The number of aromatic nitrogens is 6. The van der Waals surface area contributed by atoms with Crippen LogP contribution in [0.3, 0.4) is 0 Å². The second-order valence-corrected chi connectivity index (χ2v) is 7.97. The lowest BCUT2D eigenvalue weighted by Gasteiger charge is -2.18. The van der Waals surface area contributed by atoms with E-state index < -0.39 is 11.9 Å². The molecule has 4 heterocycles. The van der Waals surface area contributed by atoms with Gasteiger partial charge in [-0.3, -0.25) is 9.20 Å². The van der Waals surface area contributed by atoms with Crippen LogP contribution in [0.1, 0.15) is 36.8 Å². The Kier molecular flexibility index (Phi) is 6.01. The number of aryl methyl sites for hydroxylation is 1. The number of halogens is 2. The zero-order valence-electron chi connectivity index (χ0n) is 17.9. The number of fused-ring (bicyclic) bond motifs is 2. The first-order chi connectivity index (χ1) is 15.8. The number of hydrogen-bond donors (Lipinski definition) is 3. The summed E-state index contributed by atoms with van der Waals surface area (Å²) < 4.78 is 28.1. The first kappa shape index (κ1) is 22.3. The maximum Gasteiger partial charge on any atom is 0.266 e. The van der Waals surface area contributed by atoms with Gasteiger partial charge < -0.3 is 16.0 Å². The van der Waals surface area contributed by atoms with E-state index in [1.54, 1.807) is 26.8 Å². The maximum atomic E-state index is 14.2. The number of nitrogens with two attached hydrogens (primary N) is 1. The highest BCUT2D eigenvalue weighted by Gasteiger charge is 2.23. The topological polar surface area (TPSA) is 127 Å². The average molecular weight is 471 g/mol. The molecule has 9 nitrogen and oxygen atoms in total. The molecule has 0 aliphatic rings. The minimum absolute atomic E-state index is 0.0269. The monoisotopic (exact) mass is 470 g/mol. The summed E-state index contributed by atoms with van der Waals surface area (Å²) in [5.74, 6) is -0.438. The van der Waals surface area contributed by atoms with Gasteiger partial charge >= 0.3 is 0 Å². The Morgan fingerprint density at radius 1 is 1.36 bits per heavy atom. The van der Waals surface area contributed by atoms with Crippen LogP contribution >= 0.6 is 11.3 Å². The molecule has 12 heteroatoms. The van der Waals surface area contributed by atoms with Gasteiger partial charge in [0.05, 0.1) is 30.0 Å². The third-order valence-electron chi connectivity index (χ3n) is 4.95. The molecule has 33 heavy (non-hydrogen) atoms. The first-order valence-corrected chi connectivity index (χ1v) is 10.8. The average Bonchev–Trinajstić information content (AvgIpc) is 3.39. The Balaban J connectivity index is 1.90. The number of rotatable bonds is 6. The van der Waals surface area contributed by atoms with Crippen LogP contribution in [0.15, 0.2) is 46.9 Å². The molecule has 4 aromatic rings. The van der Waals surface area contributed by atoms with Gasteiger partial charge in [-0.1, -0.05) is 6.08 Å². The quantitative estimate of drug-likeness (QED) is 0.360. The summed E-state index contributed by atoms with van der Waals surface area (Å²) in [7, 11) is 0. The largest absolute Gasteiger partial charge is 0.368 e. The molecule has 0 radical (unpaired) electrons. The number of hydrogen-bond acceptors (Lipinski definition) is 8. The smallest absolute Gasteiger partial charge is 0.266 e. The molecule has 0 bridgehead atoms. The van der Waals surface area contributed by atoms with Crippen molar-refractivity contribution in [2.75, 3.05) is 11.1 Å². The van der Waals surface area contributed by atoms with Crippen molar-refractivity contribution in [2.24, 2.45) is 0 Å². The van der Waals surface area contributed by atoms with E-state index in [1.165, 1.54) is 22.1 Å². The third kappa shape index (κ3) is 4.12. The predicted molar refractivity (Wildman–Crippen MR) is 125 cm³/mol. The van der Waals surface area contributed by atoms with E-state index in [1.807, 2.05) is 5.38 Å². The number of nitrogen functional groups attached to an aromatic ring is 1. The number of anilines is 2. The van der Waals surface area contributed by atoms with Crippen LogP contribution in [0.4, 0.5) is 20.5 Å². The van der Waals surface area contributed by atoms with Crippen LogP contribution < -0.4 is 16.6 Å². The molecular formula is C21H20F2N8OS. The Labute approximate surface area is 190 Å². The van der Waals surface area contributed by atoms with Crippen LogP contribution in [-0.4, -0.2) is 29.3 Å². The van der Waals surface area contributed by atoms with Crippen molar-refractivity contribution in [1.82, 2.24) is 29.3 Å². The lowest BCUT2D eigenvalue weighted by molar-refractivity contribution is 0.652. The van der Waals surface area contributed by atoms with E-state index >= 15 is 0 Å². The SMILES string of the molecule is C\C=C(/C=C(F)\C=C\F)c1c(C(C)Nc2nc(N)nc3nc[nH]c23)nc2scc(C)n2c1=O. The number of nitrogens with zero attached hydrogens (tertiary/aromatic N) is 5. The molecular weight excluding hydrogens is 450 g/mol. The van der Waals surface area contributed by atoms with E-state index in [-0.39, 0.29) is 29.0 Å². The summed E-state index contributed by atoms with van der Waals surface area (Å²) >= 11 is 1.31. The summed E-state index contributed by atoms with van der Waals surface area (Å²) in [6, 6.07) is -0.552. The van der Waals surface area contributed by atoms with Gasteiger partial charge in [-0.05, 0) is 32.4 Å². The summed E-state index contributed by atoms with van der Waals surface area (Å²) in [5, 5.41) is 5.01. The summed E-state index contributed by atoms with van der Waals surface area (Å²) in [6.45, 7) is 5.24. The van der Waals surface area contributed by atoms with Gasteiger partial charge in [0.15, 0.2) is 16.4 Å². The van der Waals surface area contributed by atoms with Crippen molar-refractivity contribution in [3.05, 3.63) is 69.4 Å². The number of aromatic amines is 1. The fourth-order valence-corrected chi connectivity index (χ4v) is 4.33. The Morgan fingerprint density at radius 2 is 2.15 bits per heavy atom. The van der Waals surface area contributed by atoms with E-state index in [0.717, 1.165) is 6.08 Å². The van der Waals surface area contributed by atoms with Crippen molar-refractivity contribution < 1.29 is 8.78 Å². The molecule has 0 aliphatic carbocycles. The molecule has 0 aliphatic heterocycles. The van der Waals surface area contributed by atoms with Gasteiger partial charge in [-0.25, -0.2) is 18.7 Å². The summed E-state index contributed by atoms with van der Waals surface area (Å²) in [6.07, 6.45) is 4.90. The maximum absolute atomic E-state index is 14.2. The molecule has 0 fully saturated rings. The molecule has 0 saturated heterocycles. The Hall–Kier alpha value is -3.93. The van der Waals surface area contributed by atoms with Crippen molar-refractivity contribution in [3.63, 3.8) is 0 Å². The molecule has 0 spiro atoms. The highest BCUT2D eigenvalue weighted by atomic mass is 32.1. The van der Waals surface area contributed by atoms with Crippen molar-refractivity contribution in [2.45, 2.75) is 26.8 Å². The van der Waals surface area contributed by atoms with Crippen molar-refractivity contribution in [1.29, 1.82) is 0 Å².